The van der Waals surface area contributed by atoms with E-state index < -0.39 is 11.8 Å². The highest BCUT2D eigenvalue weighted by Crippen LogP contribution is 2.28. The van der Waals surface area contributed by atoms with Gasteiger partial charge in [-0.1, -0.05) is 12.1 Å². The number of fused-ring (bicyclic) bond motifs is 1. The molecule has 0 fully saturated rings. The van der Waals surface area contributed by atoms with Crippen molar-refractivity contribution in [1.82, 2.24) is 9.38 Å². The highest BCUT2D eigenvalue weighted by molar-refractivity contribution is 5.89. The largest absolute Gasteiger partial charge is 0.476 e. The van der Waals surface area contributed by atoms with E-state index in [-0.39, 0.29) is 17.3 Å². The van der Waals surface area contributed by atoms with Crippen molar-refractivity contribution >= 4 is 11.6 Å². The molecule has 0 amide bonds. The van der Waals surface area contributed by atoms with E-state index >= 15 is 0 Å². The van der Waals surface area contributed by atoms with Crippen LogP contribution in [-0.4, -0.2) is 20.5 Å². The van der Waals surface area contributed by atoms with Crippen molar-refractivity contribution in [3.8, 4) is 11.6 Å². The molecule has 106 valence electrons. The van der Waals surface area contributed by atoms with Crippen molar-refractivity contribution in [2.45, 2.75) is 6.92 Å². The summed E-state index contributed by atoms with van der Waals surface area (Å²) in [5.41, 5.74) is 1.07. The molecule has 2 heterocycles. The number of nitrogens with zero attached hydrogens (tertiary/aromatic N) is 2. The molecule has 2 aromatic heterocycles. The van der Waals surface area contributed by atoms with Crippen LogP contribution in [0.1, 0.15) is 16.1 Å². The molecule has 0 atom stereocenters. The molecule has 0 saturated carbocycles. The molecule has 6 heteroatoms. The van der Waals surface area contributed by atoms with Crippen molar-refractivity contribution < 1.29 is 19.0 Å². The highest BCUT2D eigenvalue weighted by atomic mass is 19.1. The fourth-order valence-corrected chi connectivity index (χ4v) is 2.03. The number of aromatic carboxylic acids is 1. The average molecular weight is 286 g/mol. The molecule has 0 saturated heterocycles. The molecule has 1 N–H and O–H groups in total. The lowest BCUT2D eigenvalue weighted by molar-refractivity contribution is 0.0686. The first-order chi connectivity index (χ1) is 10.1. The van der Waals surface area contributed by atoms with Gasteiger partial charge in [0, 0.05) is 6.20 Å². The molecule has 1 aromatic carbocycles. The molecule has 0 radical (unpaired) electrons. The van der Waals surface area contributed by atoms with E-state index in [0.717, 1.165) is 5.56 Å². The second kappa shape index (κ2) is 4.90. The number of ether oxygens (including phenoxy) is 1. The molecule has 21 heavy (non-hydrogen) atoms. The number of aromatic nitrogens is 2. The third-order valence-electron chi connectivity index (χ3n) is 2.99. The number of hydrogen-bond donors (Lipinski definition) is 1. The Hall–Kier alpha value is -2.89. The van der Waals surface area contributed by atoms with E-state index in [1.54, 1.807) is 37.4 Å². The van der Waals surface area contributed by atoms with Gasteiger partial charge in [0.2, 0.25) is 0 Å². The third kappa shape index (κ3) is 2.31. The second-order valence-corrected chi connectivity index (χ2v) is 4.54. The van der Waals surface area contributed by atoms with Gasteiger partial charge in [-0.15, -0.1) is 0 Å². The molecule has 0 aliphatic heterocycles. The van der Waals surface area contributed by atoms with Gasteiger partial charge in [0.1, 0.15) is 5.65 Å². The number of rotatable bonds is 3. The zero-order valence-corrected chi connectivity index (χ0v) is 11.1. The minimum absolute atomic E-state index is 0.0547. The predicted molar refractivity (Wildman–Crippen MR) is 73.4 cm³/mol. The average Bonchev–Trinajstić information content (AvgIpc) is 2.80. The van der Waals surface area contributed by atoms with Crippen LogP contribution in [0.3, 0.4) is 0 Å². The quantitative estimate of drug-likeness (QED) is 0.802. The first kappa shape index (κ1) is 13.1. The number of aryl methyl sites for hydroxylation is 1. The summed E-state index contributed by atoms with van der Waals surface area (Å²) in [5, 5.41) is 9.32. The number of benzene rings is 1. The van der Waals surface area contributed by atoms with Crippen molar-refractivity contribution in [2.24, 2.45) is 0 Å². The molecular formula is C15H11FN2O3. The topological polar surface area (TPSA) is 63.8 Å². The van der Waals surface area contributed by atoms with E-state index in [0.29, 0.717) is 5.65 Å². The lowest BCUT2D eigenvalue weighted by atomic mass is 10.2. The van der Waals surface area contributed by atoms with Gasteiger partial charge < -0.3 is 9.84 Å². The zero-order valence-electron chi connectivity index (χ0n) is 11.1. The Kier molecular flexibility index (Phi) is 3.06. The number of hydrogen-bond acceptors (Lipinski definition) is 3. The molecule has 5 nitrogen and oxygen atoms in total. The minimum atomic E-state index is -1.20. The summed E-state index contributed by atoms with van der Waals surface area (Å²) < 4.78 is 20.5. The van der Waals surface area contributed by atoms with Gasteiger partial charge in [-0.3, -0.25) is 4.40 Å². The number of halogens is 1. The van der Waals surface area contributed by atoms with Gasteiger partial charge in [-0.25, -0.2) is 9.18 Å². The van der Waals surface area contributed by atoms with Crippen LogP contribution in [0.4, 0.5) is 4.39 Å². The maximum atomic E-state index is 13.7. The molecule has 3 aromatic rings. The van der Waals surface area contributed by atoms with Crippen LogP contribution in [0.5, 0.6) is 11.6 Å². The number of pyridine rings is 1. The Bertz CT molecular complexity index is 842. The maximum absolute atomic E-state index is 13.7. The summed E-state index contributed by atoms with van der Waals surface area (Å²) in [6, 6.07) is 9.41. The number of carboxylic acids is 1. The molecule has 0 aliphatic carbocycles. The van der Waals surface area contributed by atoms with Gasteiger partial charge in [0.25, 0.3) is 5.88 Å². The van der Waals surface area contributed by atoms with Crippen LogP contribution in [0.15, 0.2) is 42.6 Å². The van der Waals surface area contributed by atoms with Crippen molar-refractivity contribution in [1.29, 1.82) is 0 Å². The molecule has 0 unspecified atom stereocenters. The van der Waals surface area contributed by atoms with Crippen LogP contribution in [-0.2, 0) is 0 Å². The van der Waals surface area contributed by atoms with Crippen LogP contribution < -0.4 is 4.74 Å². The lowest BCUT2D eigenvalue weighted by Crippen LogP contribution is -2.03. The first-order valence-electron chi connectivity index (χ1n) is 6.20. The van der Waals surface area contributed by atoms with E-state index in [9.17, 15) is 14.3 Å². The molecular weight excluding hydrogens is 275 g/mol. The summed E-state index contributed by atoms with van der Waals surface area (Å²) in [6.45, 7) is 1.79. The van der Waals surface area contributed by atoms with Gasteiger partial charge >= 0.3 is 5.97 Å². The van der Waals surface area contributed by atoms with Crippen molar-refractivity contribution in [3.05, 3.63) is 59.7 Å². The number of imidazole rings is 1. The smallest absolute Gasteiger partial charge is 0.358 e. The number of carbonyl (C=O) groups is 1. The Morgan fingerprint density at radius 3 is 2.90 bits per heavy atom. The van der Waals surface area contributed by atoms with E-state index in [4.69, 9.17) is 4.74 Å². The maximum Gasteiger partial charge on any atom is 0.358 e. The van der Waals surface area contributed by atoms with E-state index in [1.165, 1.54) is 16.5 Å². The monoisotopic (exact) mass is 286 g/mol. The molecule has 0 bridgehead atoms. The van der Waals surface area contributed by atoms with Crippen LogP contribution in [0.25, 0.3) is 5.65 Å². The fraction of sp³-hybridized carbons (Fsp3) is 0.0667. The van der Waals surface area contributed by atoms with Gasteiger partial charge in [0.05, 0.1) is 0 Å². The predicted octanol–water partition coefficient (Wildman–Crippen LogP) is 3.27. The number of carboxylic acid groups (broad SMARTS) is 1. The standard InChI is InChI=1S/C15H11FN2O3/c1-9-5-6-10(16)11(8-9)21-14-13(15(19)20)18-7-3-2-4-12(18)17-14/h2-8H,1H3,(H,19,20). The second-order valence-electron chi connectivity index (χ2n) is 4.54. The molecule has 0 spiro atoms. The molecule has 3 rings (SSSR count). The highest BCUT2D eigenvalue weighted by Gasteiger charge is 2.21. The van der Waals surface area contributed by atoms with Gasteiger partial charge in [-0.2, -0.15) is 4.98 Å². The van der Waals surface area contributed by atoms with Crippen LogP contribution in [0.2, 0.25) is 0 Å². The fourth-order valence-electron chi connectivity index (χ4n) is 2.03. The normalized spacial score (nSPS) is 10.8. The van der Waals surface area contributed by atoms with Crippen molar-refractivity contribution in [3.63, 3.8) is 0 Å². The van der Waals surface area contributed by atoms with Crippen molar-refractivity contribution in [2.75, 3.05) is 0 Å². The van der Waals surface area contributed by atoms with E-state index in [2.05, 4.69) is 4.98 Å². The summed E-state index contributed by atoms with van der Waals surface area (Å²) in [5.74, 6) is -1.97. The Morgan fingerprint density at radius 2 is 2.14 bits per heavy atom. The third-order valence-corrected chi connectivity index (χ3v) is 2.99. The zero-order chi connectivity index (χ0) is 15.0. The Labute approximate surface area is 119 Å². The van der Waals surface area contributed by atoms with Gasteiger partial charge in [0.15, 0.2) is 17.3 Å². The minimum Gasteiger partial charge on any atom is -0.476 e. The summed E-state index contributed by atoms with van der Waals surface area (Å²) in [7, 11) is 0. The van der Waals surface area contributed by atoms with Crippen LogP contribution >= 0.6 is 0 Å². The molecule has 0 aliphatic rings. The van der Waals surface area contributed by atoms with Crippen LogP contribution in [0, 0.1) is 12.7 Å². The SMILES string of the molecule is Cc1ccc(F)c(Oc2nc3ccccn3c2C(=O)O)c1. The summed E-state index contributed by atoms with van der Waals surface area (Å²) in [6.07, 6.45) is 1.56. The first-order valence-corrected chi connectivity index (χ1v) is 6.20. The van der Waals surface area contributed by atoms with E-state index in [1.807, 2.05) is 0 Å². The Morgan fingerprint density at radius 1 is 1.33 bits per heavy atom. The summed E-state index contributed by atoms with van der Waals surface area (Å²) in [4.78, 5) is 15.5. The Balaban J connectivity index is 2.14. The lowest BCUT2D eigenvalue weighted by Gasteiger charge is -2.05. The summed E-state index contributed by atoms with van der Waals surface area (Å²) >= 11 is 0. The van der Waals surface area contributed by atoms with Gasteiger partial charge in [-0.05, 0) is 36.8 Å².